The van der Waals surface area contributed by atoms with E-state index in [1.54, 1.807) is 0 Å². The maximum Gasteiger partial charge on any atom is 0.222 e. The fourth-order valence-corrected chi connectivity index (χ4v) is 4.88. The van der Waals surface area contributed by atoms with Gasteiger partial charge in [-0.1, -0.05) is 44.2 Å². The molecule has 1 aliphatic heterocycles. The Hall–Kier alpha value is -2.73. The van der Waals surface area contributed by atoms with Crippen molar-refractivity contribution in [1.29, 1.82) is 0 Å². The minimum absolute atomic E-state index is 0.249. The summed E-state index contributed by atoms with van der Waals surface area (Å²) in [5.74, 6) is 1.66. The molecule has 6 heteroatoms. The molecule has 1 amide bonds. The van der Waals surface area contributed by atoms with Crippen molar-refractivity contribution in [3.63, 3.8) is 0 Å². The lowest BCUT2D eigenvalue weighted by Gasteiger charge is -2.28. The highest BCUT2D eigenvalue weighted by Crippen LogP contribution is 2.36. The molecule has 32 heavy (non-hydrogen) atoms. The number of fused-ring (bicyclic) bond motifs is 1. The fourth-order valence-electron chi connectivity index (χ4n) is 4.88. The van der Waals surface area contributed by atoms with E-state index in [0.29, 0.717) is 18.4 Å². The SMILES string of the molecule is CCN(CCC1CCC(c2nc3nccc(-c4ccccc4)c3[nH]2)N1C)C(=O)CC(C)C. The van der Waals surface area contributed by atoms with E-state index in [9.17, 15) is 4.79 Å². The molecular weight excluding hydrogens is 398 g/mol. The van der Waals surface area contributed by atoms with Crippen LogP contribution in [0.3, 0.4) is 0 Å². The number of rotatable bonds is 8. The Morgan fingerprint density at radius 1 is 1.22 bits per heavy atom. The van der Waals surface area contributed by atoms with Crippen LogP contribution in [-0.2, 0) is 4.79 Å². The Balaban J connectivity index is 1.47. The van der Waals surface area contributed by atoms with Gasteiger partial charge in [-0.3, -0.25) is 9.69 Å². The first-order chi connectivity index (χ1) is 15.5. The lowest BCUT2D eigenvalue weighted by Crippen LogP contribution is -2.36. The summed E-state index contributed by atoms with van der Waals surface area (Å²) in [5.41, 5.74) is 4.07. The first-order valence-electron chi connectivity index (χ1n) is 11.9. The van der Waals surface area contributed by atoms with Crippen LogP contribution in [0, 0.1) is 5.92 Å². The number of amides is 1. The van der Waals surface area contributed by atoms with E-state index in [0.717, 1.165) is 54.9 Å². The quantitative estimate of drug-likeness (QED) is 0.540. The summed E-state index contributed by atoms with van der Waals surface area (Å²) < 4.78 is 0. The van der Waals surface area contributed by atoms with Gasteiger partial charge < -0.3 is 9.88 Å². The summed E-state index contributed by atoms with van der Waals surface area (Å²) >= 11 is 0. The highest BCUT2D eigenvalue weighted by atomic mass is 16.2. The molecule has 0 aliphatic carbocycles. The Bertz CT molecular complexity index is 1040. The third kappa shape index (κ3) is 4.70. The zero-order chi connectivity index (χ0) is 22.7. The number of nitrogens with one attached hydrogen (secondary N) is 1. The molecule has 6 nitrogen and oxygen atoms in total. The van der Waals surface area contributed by atoms with Gasteiger partial charge >= 0.3 is 0 Å². The Morgan fingerprint density at radius 2 is 2.00 bits per heavy atom. The van der Waals surface area contributed by atoms with Crippen LogP contribution in [0.2, 0.25) is 0 Å². The molecule has 0 spiro atoms. The zero-order valence-electron chi connectivity index (χ0n) is 19.7. The monoisotopic (exact) mass is 433 g/mol. The van der Waals surface area contributed by atoms with Crippen molar-refractivity contribution in [2.24, 2.45) is 5.92 Å². The molecule has 2 atom stereocenters. The van der Waals surface area contributed by atoms with Gasteiger partial charge in [0.25, 0.3) is 0 Å². The number of hydrogen-bond acceptors (Lipinski definition) is 4. The third-order valence-electron chi connectivity index (χ3n) is 6.70. The van der Waals surface area contributed by atoms with Crippen LogP contribution in [0.25, 0.3) is 22.3 Å². The summed E-state index contributed by atoms with van der Waals surface area (Å²) in [5, 5.41) is 0. The average Bonchev–Trinajstić information content (AvgIpc) is 3.37. The molecule has 0 saturated carbocycles. The van der Waals surface area contributed by atoms with Crippen molar-refractivity contribution < 1.29 is 4.79 Å². The van der Waals surface area contributed by atoms with Crippen LogP contribution >= 0.6 is 0 Å². The highest BCUT2D eigenvalue weighted by molar-refractivity contribution is 5.89. The Morgan fingerprint density at radius 3 is 2.72 bits per heavy atom. The van der Waals surface area contributed by atoms with Crippen molar-refractivity contribution in [1.82, 2.24) is 24.8 Å². The largest absolute Gasteiger partial charge is 0.343 e. The Labute approximate surface area is 191 Å². The van der Waals surface area contributed by atoms with Gasteiger partial charge in [0.05, 0.1) is 11.6 Å². The van der Waals surface area contributed by atoms with Gasteiger partial charge in [-0.2, -0.15) is 0 Å². The minimum Gasteiger partial charge on any atom is -0.343 e. The standard InChI is InChI=1S/C26H35N5O/c1-5-31(23(32)17-18(2)3)16-14-20-11-12-22(30(20)4)25-28-24-21(13-15-27-26(24)29-25)19-9-7-6-8-10-19/h6-10,13,15,18,20,22H,5,11-12,14,16-17H2,1-4H3,(H,27,28,29). The van der Waals surface area contributed by atoms with Crippen molar-refractivity contribution >= 4 is 17.1 Å². The normalized spacial score (nSPS) is 19.2. The molecule has 0 bridgehead atoms. The molecule has 1 saturated heterocycles. The fraction of sp³-hybridized carbons (Fsp3) is 0.500. The maximum atomic E-state index is 12.5. The predicted octanol–water partition coefficient (Wildman–Crippen LogP) is 5.04. The van der Waals surface area contributed by atoms with E-state index in [2.05, 4.69) is 67.0 Å². The van der Waals surface area contributed by atoms with Gasteiger partial charge in [0.1, 0.15) is 5.82 Å². The first kappa shape index (κ1) is 22.5. The maximum absolute atomic E-state index is 12.5. The number of imidazole rings is 1. The van der Waals surface area contributed by atoms with Gasteiger partial charge in [-0.15, -0.1) is 0 Å². The number of carbonyl (C=O) groups is 1. The molecule has 1 aliphatic rings. The van der Waals surface area contributed by atoms with Crippen LogP contribution in [0.15, 0.2) is 42.6 Å². The van der Waals surface area contributed by atoms with Gasteiger partial charge in [-0.25, -0.2) is 9.97 Å². The molecule has 4 rings (SSSR count). The van der Waals surface area contributed by atoms with Gasteiger partial charge in [0.2, 0.25) is 5.91 Å². The van der Waals surface area contributed by atoms with E-state index >= 15 is 0 Å². The number of hydrogen-bond donors (Lipinski definition) is 1. The second-order valence-corrected chi connectivity index (χ2v) is 9.32. The summed E-state index contributed by atoms with van der Waals surface area (Å²) in [4.78, 5) is 29.9. The molecule has 1 N–H and O–H groups in total. The summed E-state index contributed by atoms with van der Waals surface area (Å²) in [6.45, 7) is 7.89. The smallest absolute Gasteiger partial charge is 0.222 e. The highest BCUT2D eigenvalue weighted by Gasteiger charge is 2.34. The summed E-state index contributed by atoms with van der Waals surface area (Å²) in [7, 11) is 2.19. The van der Waals surface area contributed by atoms with Crippen LogP contribution < -0.4 is 0 Å². The number of aromatic amines is 1. The lowest BCUT2D eigenvalue weighted by molar-refractivity contribution is -0.132. The molecule has 2 unspecified atom stereocenters. The number of H-pyrrole nitrogens is 1. The predicted molar refractivity (Wildman–Crippen MR) is 129 cm³/mol. The van der Waals surface area contributed by atoms with Crippen molar-refractivity contribution in [2.45, 2.75) is 58.5 Å². The molecule has 2 aromatic heterocycles. The van der Waals surface area contributed by atoms with Gasteiger partial charge in [-0.05, 0) is 50.8 Å². The number of aromatic nitrogens is 3. The first-order valence-corrected chi connectivity index (χ1v) is 11.9. The zero-order valence-corrected chi connectivity index (χ0v) is 19.7. The molecule has 1 aromatic carbocycles. The number of pyridine rings is 1. The topological polar surface area (TPSA) is 65.1 Å². The van der Waals surface area contributed by atoms with E-state index in [1.165, 1.54) is 5.56 Å². The second-order valence-electron chi connectivity index (χ2n) is 9.32. The summed E-state index contributed by atoms with van der Waals surface area (Å²) in [6, 6.07) is 13.1. The number of carbonyl (C=O) groups excluding carboxylic acids is 1. The second kappa shape index (κ2) is 9.82. The average molecular weight is 434 g/mol. The van der Waals surface area contributed by atoms with E-state index in [-0.39, 0.29) is 11.9 Å². The number of likely N-dealkylation sites (tertiary alicyclic amines) is 1. The van der Waals surface area contributed by atoms with Crippen LogP contribution in [0.5, 0.6) is 0 Å². The molecule has 3 heterocycles. The molecule has 0 radical (unpaired) electrons. The molecule has 170 valence electrons. The van der Waals surface area contributed by atoms with E-state index in [4.69, 9.17) is 4.98 Å². The van der Waals surface area contributed by atoms with Crippen LogP contribution in [0.4, 0.5) is 0 Å². The van der Waals surface area contributed by atoms with Crippen LogP contribution in [-0.4, -0.2) is 56.8 Å². The lowest BCUT2D eigenvalue weighted by atomic mass is 10.1. The van der Waals surface area contributed by atoms with Gasteiger partial charge in [0, 0.05) is 37.3 Å². The number of benzene rings is 1. The molecule has 1 fully saturated rings. The van der Waals surface area contributed by atoms with E-state index in [1.807, 2.05) is 23.2 Å². The van der Waals surface area contributed by atoms with Gasteiger partial charge in [0.15, 0.2) is 5.65 Å². The van der Waals surface area contributed by atoms with Crippen LogP contribution in [0.1, 0.15) is 58.3 Å². The Kier molecular flexibility index (Phi) is 6.89. The molecule has 3 aromatic rings. The van der Waals surface area contributed by atoms with Crippen molar-refractivity contribution in [3.8, 4) is 11.1 Å². The summed E-state index contributed by atoms with van der Waals surface area (Å²) in [6.07, 6.45) is 5.65. The third-order valence-corrected chi connectivity index (χ3v) is 6.70. The number of nitrogens with zero attached hydrogens (tertiary/aromatic N) is 4. The van der Waals surface area contributed by atoms with E-state index < -0.39 is 0 Å². The molecular formula is C26H35N5O. The van der Waals surface area contributed by atoms with Crippen molar-refractivity contribution in [3.05, 3.63) is 48.4 Å². The van der Waals surface area contributed by atoms with Crippen molar-refractivity contribution in [2.75, 3.05) is 20.1 Å². The minimum atomic E-state index is 0.249.